The second kappa shape index (κ2) is 6.83. The zero-order valence-electron chi connectivity index (χ0n) is 14.4. The molecule has 122 valence electrons. The molecule has 3 aromatic rings. The number of aromatic nitrogens is 1. The third-order valence-corrected chi connectivity index (χ3v) is 4.26. The zero-order chi connectivity index (χ0) is 17.1. The van der Waals surface area contributed by atoms with Crippen molar-refractivity contribution < 1.29 is 4.79 Å². The van der Waals surface area contributed by atoms with E-state index >= 15 is 0 Å². The Balaban J connectivity index is 2.07. The van der Waals surface area contributed by atoms with Gasteiger partial charge in [0.15, 0.2) is 0 Å². The van der Waals surface area contributed by atoms with Crippen molar-refractivity contribution in [2.24, 2.45) is 5.92 Å². The van der Waals surface area contributed by atoms with Gasteiger partial charge in [-0.05, 0) is 24.1 Å². The number of amides is 1. The van der Waals surface area contributed by atoms with Gasteiger partial charge in [0.1, 0.15) is 0 Å². The Labute approximate surface area is 143 Å². The van der Waals surface area contributed by atoms with Crippen molar-refractivity contribution in [1.82, 2.24) is 9.88 Å². The number of nitrogens with zero attached hydrogens (tertiary/aromatic N) is 2. The predicted molar refractivity (Wildman–Crippen MR) is 98.7 cm³/mol. The molecule has 3 heteroatoms. The molecule has 1 unspecified atom stereocenters. The Morgan fingerprint density at radius 2 is 1.71 bits per heavy atom. The van der Waals surface area contributed by atoms with E-state index in [1.807, 2.05) is 43.3 Å². The molecule has 2 aromatic carbocycles. The van der Waals surface area contributed by atoms with Crippen molar-refractivity contribution in [3.05, 3.63) is 66.2 Å². The average molecular weight is 318 g/mol. The summed E-state index contributed by atoms with van der Waals surface area (Å²) in [5, 5.41) is 1.12. The van der Waals surface area contributed by atoms with Gasteiger partial charge in [0.05, 0.1) is 11.2 Å². The van der Waals surface area contributed by atoms with Crippen molar-refractivity contribution in [1.29, 1.82) is 0 Å². The zero-order valence-corrected chi connectivity index (χ0v) is 14.4. The number of hydrogen-bond acceptors (Lipinski definition) is 2. The number of pyridine rings is 1. The second-order valence-corrected chi connectivity index (χ2v) is 6.39. The topological polar surface area (TPSA) is 33.2 Å². The number of benzene rings is 2. The summed E-state index contributed by atoms with van der Waals surface area (Å²) >= 11 is 0. The third-order valence-electron chi connectivity index (χ3n) is 4.26. The van der Waals surface area contributed by atoms with Gasteiger partial charge in [-0.15, -0.1) is 0 Å². The van der Waals surface area contributed by atoms with Crippen LogP contribution in [0.25, 0.3) is 22.2 Å². The summed E-state index contributed by atoms with van der Waals surface area (Å²) in [6.07, 6.45) is 0.708. The van der Waals surface area contributed by atoms with Crippen LogP contribution in [0, 0.1) is 5.92 Å². The highest BCUT2D eigenvalue weighted by atomic mass is 16.2. The molecule has 1 amide bonds. The molecule has 0 aliphatic heterocycles. The van der Waals surface area contributed by atoms with E-state index in [9.17, 15) is 4.79 Å². The molecule has 3 nitrogen and oxygen atoms in total. The molecule has 0 saturated carbocycles. The maximum atomic E-state index is 12.2. The fraction of sp³-hybridized carbons (Fsp3) is 0.238. The van der Waals surface area contributed by atoms with Crippen LogP contribution in [0.4, 0.5) is 0 Å². The minimum absolute atomic E-state index is 0.0607. The average Bonchev–Trinajstić information content (AvgIpc) is 2.61. The Morgan fingerprint density at radius 3 is 2.42 bits per heavy atom. The molecule has 0 spiro atoms. The molecule has 0 bridgehead atoms. The van der Waals surface area contributed by atoms with Crippen LogP contribution < -0.4 is 0 Å². The molecule has 3 rings (SSSR count). The van der Waals surface area contributed by atoms with Crippen LogP contribution in [0.1, 0.15) is 12.5 Å². The maximum Gasteiger partial charge on any atom is 0.225 e. The number of carbonyl (C=O) groups is 1. The monoisotopic (exact) mass is 318 g/mol. The Kier molecular flexibility index (Phi) is 4.61. The van der Waals surface area contributed by atoms with E-state index in [4.69, 9.17) is 4.98 Å². The molecule has 0 aliphatic carbocycles. The second-order valence-electron chi connectivity index (χ2n) is 6.39. The summed E-state index contributed by atoms with van der Waals surface area (Å²) in [7, 11) is 3.61. The SMILES string of the molecule is CC(Cc1cc(-c2ccccc2)nc2ccccc12)C(=O)N(C)C. The molecule has 24 heavy (non-hydrogen) atoms. The lowest BCUT2D eigenvalue weighted by atomic mass is 9.95. The Hall–Kier alpha value is -2.68. The smallest absolute Gasteiger partial charge is 0.225 e. The van der Waals surface area contributed by atoms with Gasteiger partial charge in [0, 0.05) is 31.0 Å². The lowest BCUT2D eigenvalue weighted by Crippen LogP contribution is -2.29. The molecule has 0 fully saturated rings. The molecule has 0 saturated heterocycles. The minimum Gasteiger partial charge on any atom is -0.349 e. The lowest BCUT2D eigenvalue weighted by Gasteiger charge is -2.18. The summed E-state index contributed by atoms with van der Waals surface area (Å²) in [6, 6.07) is 20.4. The predicted octanol–water partition coefficient (Wildman–Crippen LogP) is 4.17. The van der Waals surface area contributed by atoms with Crippen LogP contribution in [0.15, 0.2) is 60.7 Å². The fourth-order valence-electron chi connectivity index (χ4n) is 3.03. The van der Waals surface area contributed by atoms with Gasteiger partial charge in [0.25, 0.3) is 0 Å². The van der Waals surface area contributed by atoms with Crippen LogP contribution in [0.3, 0.4) is 0 Å². The first kappa shape index (κ1) is 16.2. The van der Waals surface area contributed by atoms with Gasteiger partial charge in [-0.2, -0.15) is 0 Å². The first-order valence-corrected chi connectivity index (χ1v) is 8.21. The molecular formula is C21H22N2O. The van der Waals surface area contributed by atoms with E-state index in [-0.39, 0.29) is 11.8 Å². The standard InChI is InChI=1S/C21H22N2O/c1-15(21(24)23(2)3)13-17-14-20(16-9-5-4-6-10-16)22-19-12-8-7-11-18(17)19/h4-12,14-15H,13H2,1-3H3. The van der Waals surface area contributed by atoms with Crippen LogP contribution >= 0.6 is 0 Å². The van der Waals surface area contributed by atoms with Gasteiger partial charge >= 0.3 is 0 Å². The number of rotatable bonds is 4. The first-order chi connectivity index (χ1) is 11.6. The van der Waals surface area contributed by atoms with Gasteiger partial charge < -0.3 is 4.90 Å². The maximum absolute atomic E-state index is 12.2. The van der Waals surface area contributed by atoms with Crippen molar-refractivity contribution in [3.63, 3.8) is 0 Å². The number of hydrogen-bond donors (Lipinski definition) is 0. The van der Waals surface area contributed by atoms with Gasteiger partial charge in [-0.25, -0.2) is 4.98 Å². The summed E-state index contributed by atoms with van der Waals surface area (Å²) in [5.41, 5.74) is 4.19. The van der Waals surface area contributed by atoms with E-state index in [0.29, 0.717) is 6.42 Å². The first-order valence-electron chi connectivity index (χ1n) is 8.21. The van der Waals surface area contributed by atoms with Crippen molar-refractivity contribution in [3.8, 4) is 11.3 Å². The van der Waals surface area contributed by atoms with Gasteiger partial charge in [0.2, 0.25) is 5.91 Å². The van der Waals surface area contributed by atoms with Gasteiger partial charge in [-0.3, -0.25) is 4.79 Å². The number of carbonyl (C=O) groups excluding carboxylic acids is 1. The largest absolute Gasteiger partial charge is 0.349 e. The van der Waals surface area contributed by atoms with E-state index < -0.39 is 0 Å². The van der Waals surface area contributed by atoms with Crippen molar-refractivity contribution >= 4 is 16.8 Å². The highest BCUT2D eigenvalue weighted by Crippen LogP contribution is 2.26. The number of para-hydroxylation sites is 1. The molecule has 0 radical (unpaired) electrons. The quantitative estimate of drug-likeness (QED) is 0.723. The normalized spacial score (nSPS) is 12.1. The van der Waals surface area contributed by atoms with Crippen LogP contribution in [-0.2, 0) is 11.2 Å². The van der Waals surface area contributed by atoms with E-state index in [1.165, 1.54) is 5.56 Å². The summed E-state index contributed by atoms with van der Waals surface area (Å²) in [4.78, 5) is 18.7. The Morgan fingerprint density at radius 1 is 1.04 bits per heavy atom. The van der Waals surface area contributed by atoms with Crippen LogP contribution in [-0.4, -0.2) is 29.9 Å². The molecule has 1 heterocycles. The highest BCUT2D eigenvalue weighted by Gasteiger charge is 2.17. The lowest BCUT2D eigenvalue weighted by molar-refractivity contribution is -0.132. The van der Waals surface area contributed by atoms with Crippen LogP contribution in [0.5, 0.6) is 0 Å². The summed E-state index contributed by atoms with van der Waals surface area (Å²) in [6.45, 7) is 1.99. The molecule has 0 aliphatic rings. The van der Waals surface area contributed by atoms with Crippen molar-refractivity contribution in [2.75, 3.05) is 14.1 Å². The molecular weight excluding hydrogens is 296 g/mol. The van der Waals surface area contributed by atoms with E-state index in [0.717, 1.165) is 22.2 Å². The summed E-state index contributed by atoms with van der Waals surface area (Å²) in [5.74, 6) is 0.0894. The number of fused-ring (bicyclic) bond motifs is 1. The fourth-order valence-corrected chi connectivity index (χ4v) is 3.03. The Bertz CT molecular complexity index is 856. The molecule has 0 N–H and O–H groups in total. The van der Waals surface area contributed by atoms with E-state index in [2.05, 4.69) is 24.3 Å². The summed E-state index contributed by atoms with van der Waals surface area (Å²) < 4.78 is 0. The van der Waals surface area contributed by atoms with E-state index in [1.54, 1.807) is 19.0 Å². The molecule has 1 aromatic heterocycles. The van der Waals surface area contributed by atoms with Gasteiger partial charge in [-0.1, -0.05) is 55.5 Å². The minimum atomic E-state index is -0.0607. The van der Waals surface area contributed by atoms with Crippen LogP contribution in [0.2, 0.25) is 0 Å². The highest BCUT2D eigenvalue weighted by molar-refractivity contribution is 5.86. The van der Waals surface area contributed by atoms with Crippen molar-refractivity contribution in [2.45, 2.75) is 13.3 Å². The third kappa shape index (κ3) is 3.30. The molecule has 1 atom stereocenters.